The zero-order chi connectivity index (χ0) is 38.3. The summed E-state index contributed by atoms with van der Waals surface area (Å²) in [7, 11) is 0. The van der Waals surface area contributed by atoms with Gasteiger partial charge < -0.3 is 14.9 Å². The number of hydrogen-bond donors (Lipinski definition) is 2. The van der Waals surface area contributed by atoms with Gasteiger partial charge in [-0.05, 0) is 101 Å². The Hall–Kier alpha value is -5.81. The van der Waals surface area contributed by atoms with Gasteiger partial charge in [0.2, 0.25) is 17.7 Å². The lowest BCUT2D eigenvalue weighted by molar-refractivity contribution is -0.136. The van der Waals surface area contributed by atoms with Gasteiger partial charge in [0.1, 0.15) is 11.8 Å². The number of nitrogens with one attached hydrogen (secondary N) is 1. The van der Waals surface area contributed by atoms with Crippen molar-refractivity contribution in [3.05, 3.63) is 129 Å². The summed E-state index contributed by atoms with van der Waals surface area (Å²) < 4.78 is 0. The maximum absolute atomic E-state index is 13.6. The second-order valence-corrected chi connectivity index (χ2v) is 16.7. The Balaban J connectivity index is 0.761. The van der Waals surface area contributed by atoms with Gasteiger partial charge in [0.15, 0.2) is 0 Å². The normalized spacial score (nSPS) is 23.9. The number of rotatable bonds is 6. The summed E-state index contributed by atoms with van der Waals surface area (Å²) in [6, 6.07) is 28.1. The van der Waals surface area contributed by atoms with E-state index >= 15 is 0 Å². The molecule has 3 unspecified atom stereocenters. The lowest BCUT2D eigenvalue weighted by Crippen LogP contribution is -2.58. The van der Waals surface area contributed by atoms with E-state index in [0.29, 0.717) is 24.8 Å². The van der Waals surface area contributed by atoms with E-state index < -0.39 is 29.7 Å². The maximum Gasteiger partial charge on any atom is 0.262 e. The average molecular weight is 750 g/mol. The Morgan fingerprint density at radius 3 is 2.18 bits per heavy atom. The molecular formula is C45H43N5O6. The lowest BCUT2D eigenvalue weighted by Gasteiger charge is -2.49. The van der Waals surface area contributed by atoms with Gasteiger partial charge in [-0.2, -0.15) is 0 Å². The van der Waals surface area contributed by atoms with Crippen LogP contribution < -0.4 is 10.2 Å². The molecule has 11 heteroatoms. The largest absolute Gasteiger partial charge is 0.508 e. The Labute approximate surface area is 324 Å². The topological polar surface area (TPSA) is 131 Å². The van der Waals surface area contributed by atoms with Crippen LogP contribution in [0.3, 0.4) is 0 Å². The highest BCUT2D eigenvalue weighted by molar-refractivity contribution is 6.23. The van der Waals surface area contributed by atoms with Crippen molar-refractivity contribution >= 4 is 35.2 Å². The molecule has 3 saturated heterocycles. The van der Waals surface area contributed by atoms with Crippen molar-refractivity contribution in [1.29, 1.82) is 0 Å². The molecule has 6 aliphatic rings. The van der Waals surface area contributed by atoms with Gasteiger partial charge in [-0.3, -0.25) is 39.1 Å². The van der Waals surface area contributed by atoms with E-state index in [0.717, 1.165) is 61.5 Å². The molecule has 10 rings (SSSR count). The van der Waals surface area contributed by atoms with Crippen LogP contribution in [0.15, 0.2) is 84.9 Å². The average Bonchev–Trinajstić information content (AvgIpc) is 3.88. The molecule has 0 radical (unpaired) electrons. The smallest absolute Gasteiger partial charge is 0.262 e. The van der Waals surface area contributed by atoms with Crippen molar-refractivity contribution in [2.75, 3.05) is 37.6 Å². The second kappa shape index (κ2) is 13.2. The van der Waals surface area contributed by atoms with Crippen LogP contribution in [0.25, 0.3) is 0 Å². The van der Waals surface area contributed by atoms with Crippen molar-refractivity contribution in [3.63, 3.8) is 0 Å². The predicted molar refractivity (Wildman–Crippen MR) is 207 cm³/mol. The number of phenolic OH excluding ortho intramolecular Hbond substituents is 1. The molecule has 5 amide bonds. The molecule has 1 spiro atoms. The molecule has 5 heterocycles. The summed E-state index contributed by atoms with van der Waals surface area (Å²) in [5.74, 6) is -1.08. The molecule has 4 aromatic carbocycles. The molecule has 3 atom stereocenters. The molecule has 0 aromatic heterocycles. The fourth-order valence-electron chi connectivity index (χ4n) is 10.4. The molecule has 11 nitrogen and oxygen atoms in total. The van der Waals surface area contributed by atoms with Crippen LogP contribution in [-0.4, -0.2) is 88.1 Å². The van der Waals surface area contributed by atoms with Crippen molar-refractivity contribution in [2.24, 2.45) is 5.41 Å². The van der Waals surface area contributed by atoms with E-state index in [1.807, 2.05) is 17.0 Å². The van der Waals surface area contributed by atoms with E-state index in [1.165, 1.54) is 27.9 Å². The number of aryl methyl sites for hydroxylation is 1. The van der Waals surface area contributed by atoms with Crippen LogP contribution in [0.1, 0.15) is 91.6 Å². The van der Waals surface area contributed by atoms with Crippen molar-refractivity contribution in [2.45, 2.75) is 63.1 Å². The summed E-state index contributed by atoms with van der Waals surface area (Å²) in [5.41, 5.74) is 8.78. The summed E-state index contributed by atoms with van der Waals surface area (Å²) in [4.78, 5) is 71.8. The minimum absolute atomic E-state index is 0.0779. The fraction of sp³-hybridized carbons (Fsp3) is 0.356. The molecule has 284 valence electrons. The van der Waals surface area contributed by atoms with Gasteiger partial charge in [-0.1, -0.05) is 48.5 Å². The summed E-state index contributed by atoms with van der Waals surface area (Å²) >= 11 is 0. The number of imide groups is 2. The van der Waals surface area contributed by atoms with Crippen molar-refractivity contribution < 1.29 is 29.1 Å². The number of hydrogen-bond acceptors (Lipinski definition) is 8. The molecule has 0 saturated carbocycles. The Morgan fingerprint density at radius 1 is 0.768 bits per heavy atom. The number of nitrogens with zero attached hydrogens (tertiary/aromatic N) is 4. The SMILES string of the molecule is O=C1CCC(N2C(=O)c3cc4c(cc3C2=O)CN(CC(=O)N2CCC3(C2)CN(c2ccc(C5c6ccc(O)cc6CCC5c5ccccc5)cc2)C3)C4)C(=O)N1. The van der Waals surface area contributed by atoms with Crippen molar-refractivity contribution in [3.8, 4) is 5.75 Å². The number of likely N-dealkylation sites (tertiary alicyclic amines) is 1. The molecule has 0 bridgehead atoms. The second-order valence-electron chi connectivity index (χ2n) is 16.7. The first-order valence-corrected chi connectivity index (χ1v) is 19.7. The number of carbonyl (C=O) groups excluding carboxylic acids is 5. The Morgan fingerprint density at radius 2 is 1.48 bits per heavy atom. The van der Waals surface area contributed by atoms with Gasteiger partial charge in [0, 0.05) is 62.7 Å². The molecular weight excluding hydrogens is 707 g/mol. The summed E-state index contributed by atoms with van der Waals surface area (Å²) in [5, 5.41) is 12.5. The number of benzene rings is 4. The number of phenols is 1. The van der Waals surface area contributed by atoms with E-state index in [2.05, 4.69) is 75.8 Å². The maximum atomic E-state index is 13.6. The summed E-state index contributed by atoms with van der Waals surface area (Å²) in [6.07, 6.45) is 3.14. The molecule has 2 N–H and O–H groups in total. The number of aromatic hydroxyl groups is 1. The van der Waals surface area contributed by atoms with Crippen molar-refractivity contribution in [1.82, 2.24) is 20.0 Å². The van der Waals surface area contributed by atoms with Crippen LogP contribution in [0, 0.1) is 5.41 Å². The molecule has 1 aliphatic carbocycles. The van der Waals surface area contributed by atoms with Crippen LogP contribution in [0.4, 0.5) is 5.69 Å². The van der Waals surface area contributed by atoms with Gasteiger partial charge in [-0.15, -0.1) is 0 Å². The van der Waals surface area contributed by atoms with E-state index in [1.54, 1.807) is 12.1 Å². The number of amides is 5. The lowest BCUT2D eigenvalue weighted by atomic mass is 9.69. The van der Waals surface area contributed by atoms with E-state index in [-0.39, 0.29) is 47.8 Å². The van der Waals surface area contributed by atoms with Crippen LogP contribution in [-0.2, 0) is 33.9 Å². The standard InChI is InChI=1S/C45H43N5O6/c51-33-11-13-35-29(18-33)8-12-34(27-4-2-1-3-5-27)41(35)28-6-9-32(10-7-28)49-25-45(26-49)16-17-48(24-45)40(53)23-47-21-30-19-36-37(20-31(30)22-47)44(56)50(43(36)55)38-14-15-39(52)46-42(38)54/h1-7,9-11,13,18-20,34,38,41,51H,8,12,14-17,21-26H2,(H,46,52,54). The number of piperidine rings is 1. The zero-order valence-corrected chi connectivity index (χ0v) is 31.1. The highest BCUT2D eigenvalue weighted by atomic mass is 16.3. The van der Waals surface area contributed by atoms with Gasteiger partial charge in [0.05, 0.1) is 17.7 Å². The molecule has 4 aromatic rings. The Bertz CT molecular complexity index is 2270. The van der Waals surface area contributed by atoms with Crippen LogP contribution >= 0.6 is 0 Å². The third-order valence-corrected chi connectivity index (χ3v) is 13.2. The third kappa shape index (κ3) is 5.79. The molecule has 3 fully saturated rings. The van der Waals surface area contributed by atoms with Gasteiger partial charge in [-0.25, -0.2) is 0 Å². The van der Waals surface area contributed by atoms with Gasteiger partial charge >= 0.3 is 0 Å². The third-order valence-electron chi connectivity index (χ3n) is 13.2. The molecule has 56 heavy (non-hydrogen) atoms. The van der Waals surface area contributed by atoms with Crippen LogP contribution in [0.2, 0.25) is 0 Å². The monoisotopic (exact) mass is 749 g/mol. The Kier molecular flexibility index (Phi) is 8.14. The van der Waals surface area contributed by atoms with E-state index in [4.69, 9.17) is 0 Å². The quantitative estimate of drug-likeness (QED) is 0.272. The predicted octanol–water partition coefficient (Wildman–Crippen LogP) is 4.71. The highest BCUT2D eigenvalue weighted by Gasteiger charge is 2.49. The fourth-order valence-corrected chi connectivity index (χ4v) is 10.4. The first-order valence-electron chi connectivity index (χ1n) is 19.7. The first kappa shape index (κ1) is 34.7. The summed E-state index contributed by atoms with van der Waals surface area (Å²) in [6.45, 7) is 4.55. The van der Waals surface area contributed by atoms with E-state index in [9.17, 15) is 29.1 Å². The highest BCUT2D eigenvalue weighted by Crippen LogP contribution is 2.48. The molecule has 5 aliphatic heterocycles. The number of carbonyl (C=O) groups is 5. The minimum Gasteiger partial charge on any atom is -0.508 e. The van der Waals surface area contributed by atoms with Crippen LogP contribution in [0.5, 0.6) is 5.75 Å². The number of fused-ring (bicyclic) bond motifs is 3. The van der Waals surface area contributed by atoms with Gasteiger partial charge in [0.25, 0.3) is 11.8 Å². The first-order chi connectivity index (χ1) is 27.1. The number of anilines is 1. The zero-order valence-electron chi connectivity index (χ0n) is 31.1. The minimum atomic E-state index is -0.994.